The van der Waals surface area contributed by atoms with E-state index in [9.17, 15) is 4.79 Å². The molecular weight excluding hydrogens is 306 g/mol. The Bertz CT molecular complexity index is 457. The number of benzene rings is 1. The maximum Gasteiger partial charge on any atom is 0.251 e. The Hall–Kier alpha value is -1.50. The largest absolute Gasteiger partial charge is 0.497 e. The number of halogens is 1. The molecule has 1 heterocycles. The molecule has 0 bridgehead atoms. The van der Waals surface area contributed by atoms with Gasteiger partial charge in [-0.15, -0.1) is 12.4 Å². The third-order valence-electron chi connectivity index (χ3n) is 3.54. The van der Waals surface area contributed by atoms with Gasteiger partial charge in [0, 0.05) is 50.9 Å². The lowest BCUT2D eigenvalue weighted by molar-refractivity contribution is 0.0946. The highest BCUT2D eigenvalue weighted by atomic mass is 35.5. The number of nitrogens with one attached hydrogen (secondary N) is 2. The summed E-state index contributed by atoms with van der Waals surface area (Å²) in [5.74, 6) is 1.12. The van der Waals surface area contributed by atoms with Crippen LogP contribution in [0.4, 0.5) is 0 Å². The summed E-state index contributed by atoms with van der Waals surface area (Å²) in [5.41, 5.74) is 0.548. The van der Waals surface area contributed by atoms with Gasteiger partial charge in [0.1, 0.15) is 11.5 Å². The van der Waals surface area contributed by atoms with Gasteiger partial charge in [-0.3, -0.25) is 9.69 Å². The molecule has 0 aromatic heterocycles. The lowest BCUT2D eigenvalue weighted by atomic mass is 10.2. The van der Waals surface area contributed by atoms with Crippen LogP contribution in [-0.2, 0) is 0 Å². The highest BCUT2D eigenvalue weighted by molar-refractivity contribution is 5.95. The number of hydrogen-bond acceptors (Lipinski definition) is 5. The van der Waals surface area contributed by atoms with Crippen molar-refractivity contribution in [3.63, 3.8) is 0 Å². The number of amides is 1. The minimum Gasteiger partial charge on any atom is -0.497 e. The Balaban J connectivity index is 0.00000242. The number of methoxy groups -OCH3 is 2. The molecule has 1 aromatic rings. The molecule has 124 valence electrons. The van der Waals surface area contributed by atoms with E-state index in [0.29, 0.717) is 23.6 Å². The zero-order valence-electron chi connectivity index (χ0n) is 13.1. The number of carbonyl (C=O) groups excluding carboxylic acids is 1. The van der Waals surface area contributed by atoms with Gasteiger partial charge in [0.05, 0.1) is 14.2 Å². The second-order valence-corrected chi connectivity index (χ2v) is 4.95. The van der Waals surface area contributed by atoms with Crippen molar-refractivity contribution in [1.82, 2.24) is 15.5 Å². The molecule has 1 fully saturated rings. The number of nitrogens with zero attached hydrogens (tertiary/aromatic N) is 1. The molecule has 1 aliphatic heterocycles. The molecule has 22 heavy (non-hydrogen) atoms. The lowest BCUT2D eigenvalue weighted by Crippen LogP contribution is -2.46. The zero-order chi connectivity index (χ0) is 15.1. The van der Waals surface area contributed by atoms with Gasteiger partial charge >= 0.3 is 0 Å². The van der Waals surface area contributed by atoms with Crippen molar-refractivity contribution in [2.75, 3.05) is 53.5 Å². The van der Waals surface area contributed by atoms with Crippen LogP contribution in [0.25, 0.3) is 0 Å². The lowest BCUT2D eigenvalue weighted by Gasteiger charge is -2.27. The summed E-state index contributed by atoms with van der Waals surface area (Å²) in [6.45, 7) is 5.60. The molecule has 0 saturated carbocycles. The Morgan fingerprint density at radius 3 is 2.32 bits per heavy atom. The summed E-state index contributed by atoms with van der Waals surface area (Å²) in [6, 6.07) is 5.17. The summed E-state index contributed by atoms with van der Waals surface area (Å²) in [7, 11) is 3.14. The predicted octanol–water partition coefficient (Wildman–Crippen LogP) is 0.761. The predicted molar refractivity (Wildman–Crippen MR) is 88.4 cm³/mol. The van der Waals surface area contributed by atoms with Crippen LogP contribution in [0.2, 0.25) is 0 Å². The van der Waals surface area contributed by atoms with Crippen LogP contribution in [-0.4, -0.2) is 64.3 Å². The van der Waals surface area contributed by atoms with E-state index in [2.05, 4.69) is 15.5 Å². The average Bonchev–Trinajstić information content (AvgIpc) is 2.55. The van der Waals surface area contributed by atoms with Gasteiger partial charge in [0.25, 0.3) is 5.91 Å². The first-order valence-electron chi connectivity index (χ1n) is 7.17. The third-order valence-corrected chi connectivity index (χ3v) is 3.54. The van der Waals surface area contributed by atoms with Crippen LogP contribution in [0.1, 0.15) is 10.4 Å². The highest BCUT2D eigenvalue weighted by Crippen LogP contribution is 2.22. The van der Waals surface area contributed by atoms with E-state index >= 15 is 0 Å². The fraction of sp³-hybridized carbons (Fsp3) is 0.533. The molecule has 2 N–H and O–H groups in total. The third kappa shape index (κ3) is 5.36. The van der Waals surface area contributed by atoms with Crippen molar-refractivity contribution in [2.24, 2.45) is 0 Å². The Morgan fingerprint density at radius 1 is 1.18 bits per heavy atom. The Labute approximate surface area is 137 Å². The summed E-state index contributed by atoms with van der Waals surface area (Å²) in [5, 5.41) is 6.25. The van der Waals surface area contributed by atoms with Gasteiger partial charge in [-0.25, -0.2) is 0 Å². The molecule has 1 aliphatic rings. The normalized spacial score (nSPS) is 14.8. The second-order valence-electron chi connectivity index (χ2n) is 4.95. The molecular formula is C15H24ClN3O3. The maximum atomic E-state index is 12.2. The van der Waals surface area contributed by atoms with Gasteiger partial charge in [-0.2, -0.15) is 0 Å². The summed E-state index contributed by atoms with van der Waals surface area (Å²) < 4.78 is 10.3. The number of piperazine rings is 1. The molecule has 0 spiro atoms. The number of rotatable bonds is 6. The van der Waals surface area contributed by atoms with E-state index in [1.54, 1.807) is 32.4 Å². The van der Waals surface area contributed by atoms with E-state index in [1.165, 1.54) is 0 Å². The van der Waals surface area contributed by atoms with Crippen molar-refractivity contribution < 1.29 is 14.3 Å². The number of ether oxygens (including phenoxy) is 2. The minimum atomic E-state index is -0.109. The van der Waals surface area contributed by atoms with E-state index in [1.807, 2.05) is 0 Å². The van der Waals surface area contributed by atoms with Crippen molar-refractivity contribution in [1.29, 1.82) is 0 Å². The van der Waals surface area contributed by atoms with Crippen molar-refractivity contribution >= 4 is 18.3 Å². The molecule has 1 amide bonds. The van der Waals surface area contributed by atoms with E-state index in [-0.39, 0.29) is 18.3 Å². The van der Waals surface area contributed by atoms with Crippen LogP contribution in [0.15, 0.2) is 18.2 Å². The zero-order valence-corrected chi connectivity index (χ0v) is 13.9. The van der Waals surface area contributed by atoms with Crippen LogP contribution >= 0.6 is 12.4 Å². The van der Waals surface area contributed by atoms with Gasteiger partial charge in [0.2, 0.25) is 0 Å². The highest BCUT2D eigenvalue weighted by Gasteiger charge is 2.12. The monoisotopic (exact) mass is 329 g/mol. The molecule has 6 nitrogen and oxygen atoms in total. The van der Waals surface area contributed by atoms with E-state index in [0.717, 1.165) is 32.7 Å². The summed E-state index contributed by atoms with van der Waals surface area (Å²) in [4.78, 5) is 14.5. The standard InChI is InChI=1S/C15H23N3O3.ClH/c1-20-13-9-12(10-14(11-13)21-2)15(19)17-5-8-18-6-3-16-4-7-18;/h9-11,16H,3-8H2,1-2H3,(H,17,19);1H. The summed E-state index contributed by atoms with van der Waals surface area (Å²) >= 11 is 0. The minimum absolute atomic E-state index is 0. The van der Waals surface area contributed by atoms with E-state index in [4.69, 9.17) is 9.47 Å². The topological polar surface area (TPSA) is 62.8 Å². The maximum absolute atomic E-state index is 12.2. The molecule has 0 aliphatic carbocycles. The smallest absolute Gasteiger partial charge is 0.251 e. The number of carbonyl (C=O) groups is 1. The fourth-order valence-corrected chi connectivity index (χ4v) is 2.30. The van der Waals surface area contributed by atoms with E-state index < -0.39 is 0 Å². The average molecular weight is 330 g/mol. The van der Waals surface area contributed by atoms with Crippen molar-refractivity contribution in [3.05, 3.63) is 23.8 Å². The van der Waals surface area contributed by atoms with Gasteiger partial charge in [-0.1, -0.05) is 0 Å². The van der Waals surface area contributed by atoms with Crippen LogP contribution in [0.3, 0.4) is 0 Å². The molecule has 0 radical (unpaired) electrons. The Kier molecular flexibility index (Phi) is 8.01. The van der Waals surface area contributed by atoms with Gasteiger partial charge < -0.3 is 20.1 Å². The molecule has 7 heteroatoms. The van der Waals surface area contributed by atoms with Crippen LogP contribution in [0.5, 0.6) is 11.5 Å². The summed E-state index contributed by atoms with van der Waals surface area (Å²) in [6.07, 6.45) is 0. The Morgan fingerprint density at radius 2 is 1.77 bits per heavy atom. The molecule has 0 atom stereocenters. The van der Waals surface area contributed by atoms with Crippen molar-refractivity contribution in [2.45, 2.75) is 0 Å². The molecule has 0 unspecified atom stereocenters. The molecule has 1 saturated heterocycles. The fourth-order valence-electron chi connectivity index (χ4n) is 2.30. The van der Waals surface area contributed by atoms with Crippen LogP contribution < -0.4 is 20.1 Å². The first-order chi connectivity index (χ1) is 10.2. The molecule has 1 aromatic carbocycles. The van der Waals surface area contributed by atoms with Gasteiger partial charge in [-0.05, 0) is 12.1 Å². The van der Waals surface area contributed by atoms with Crippen LogP contribution in [0, 0.1) is 0 Å². The SMILES string of the molecule is COc1cc(OC)cc(C(=O)NCCN2CCNCC2)c1.Cl. The second kappa shape index (κ2) is 9.50. The number of hydrogen-bond donors (Lipinski definition) is 2. The first kappa shape index (κ1) is 18.5. The first-order valence-corrected chi connectivity index (χ1v) is 7.17. The van der Waals surface area contributed by atoms with Gasteiger partial charge in [0.15, 0.2) is 0 Å². The molecule has 2 rings (SSSR count). The van der Waals surface area contributed by atoms with Crippen molar-refractivity contribution in [3.8, 4) is 11.5 Å². The quantitative estimate of drug-likeness (QED) is 0.807.